The van der Waals surface area contributed by atoms with Crippen LogP contribution in [-0.4, -0.2) is 29.7 Å². The minimum atomic E-state index is -0.104. The number of hydrogen-bond donors (Lipinski definition) is 2. The Morgan fingerprint density at radius 2 is 1.73 bits per heavy atom. The van der Waals surface area contributed by atoms with Gasteiger partial charge in [0.25, 0.3) is 5.91 Å². The van der Waals surface area contributed by atoms with Gasteiger partial charge in [0.2, 0.25) is 0 Å². The minimum Gasteiger partial charge on any atom is -0.354 e. The Morgan fingerprint density at radius 1 is 0.955 bits per heavy atom. The monoisotopic (exact) mass is 289 g/mol. The van der Waals surface area contributed by atoms with Gasteiger partial charge in [-0.1, -0.05) is 48.5 Å². The Morgan fingerprint density at radius 3 is 2.55 bits per heavy atom. The van der Waals surface area contributed by atoms with Crippen molar-refractivity contribution in [3.05, 3.63) is 60.2 Å². The summed E-state index contributed by atoms with van der Waals surface area (Å²) in [7, 11) is 0. The SMILES string of the molecule is O=C1NCCN=C1c1c(-c2ccccc2)[nH]c2ccccc12. The van der Waals surface area contributed by atoms with E-state index in [0.717, 1.165) is 27.7 Å². The molecule has 0 aliphatic carbocycles. The van der Waals surface area contributed by atoms with Gasteiger partial charge < -0.3 is 10.3 Å². The molecule has 4 nitrogen and oxygen atoms in total. The molecule has 0 atom stereocenters. The first-order chi connectivity index (χ1) is 10.8. The Labute approximate surface area is 127 Å². The molecule has 2 N–H and O–H groups in total. The number of rotatable bonds is 2. The average Bonchev–Trinajstić information content (AvgIpc) is 2.95. The van der Waals surface area contributed by atoms with Crippen LogP contribution in [0.5, 0.6) is 0 Å². The molecule has 0 saturated heterocycles. The fourth-order valence-electron chi connectivity index (χ4n) is 2.89. The van der Waals surface area contributed by atoms with E-state index in [2.05, 4.69) is 15.3 Å². The van der Waals surface area contributed by atoms with Gasteiger partial charge in [-0.2, -0.15) is 0 Å². The van der Waals surface area contributed by atoms with Crippen molar-refractivity contribution in [3.63, 3.8) is 0 Å². The molecule has 22 heavy (non-hydrogen) atoms. The lowest BCUT2D eigenvalue weighted by molar-refractivity contribution is -0.114. The Kier molecular flexibility index (Phi) is 3.00. The fraction of sp³-hybridized carbons (Fsp3) is 0.111. The molecule has 0 bridgehead atoms. The predicted molar refractivity (Wildman–Crippen MR) is 88.1 cm³/mol. The number of nitrogens with one attached hydrogen (secondary N) is 2. The van der Waals surface area contributed by atoms with E-state index in [1.807, 2.05) is 54.6 Å². The smallest absolute Gasteiger partial charge is 0.270 e. The van der Waals surface area contributed by atoms with E-state index in [4.69, 9.17) is 0 Å². The summed E-state index contributed by atoms with van der Waals surface area (Å²) < 4.78 is 0. The molecule has 0 saturated carbocycles. The zero-order valence-electron chi connectivity index (χ0n) is 12.0. The van der Waals surface area contributed by atoms with Crippen LogP contribution in [0, 0.1) is 0 Å². The molecule has 2 heterocycles. The molecule has 1 aromatic heterocycles. The Hall–Kier alpha value is -2.88. The van der Waals surface area contributed by atoms with Crippen LogP contribution in [0.25, 0.3) is 22.2 Å². The molecule has 0 fully saturated rings. The van der Waals surface area contributed by atoms with Crippen LogP contribution >= 0.6 is 0 Å². The van der Waals surface area contributed by atoms with Gasteiger partial charge in [0.05, 0.1) is 12.2 Å². The number of aliphatic imine (C=N–C) groups is 1. The Bertz CT molecular complexity index is 878. The second-order valence-corrected chi connectivity index (χ2v) is 5.27. The predicted octanol–water partition coefficient (Wildman–Crippen LogP) is 2.75. The molecule has 0 unspecified atom stereocenters. The van der Waals surface area contributed by atoms with Gasteiger partial charge in [-0.3, -0.25) is 9.79 Å². The first kappa shape index (κ1) is 12.8. The number of aromatic nitrogens is 1. The van der Waals surface area contributed by atoms with Gasteiger partial charge in [-0.15, -0.1) is 0 Å². The van der Waals surface area contributed by atoms with Gasteiger partial charge >= 0.3 is 0 Å². The summed E-state index contributed by atoms with van der Waals surface area (Å²) in [6.45, 7) is 1.22. The maximum atomic E-state index is 12.3. The maximum Gasteiger partial charge on any atom is 0.270 e. The van der Waals surface area contributed by atoms with Gasteiger partial charge in [0, 0.05) is 23.0 Å². The number of nitrogens with zero attached hydrogens (tertiary/aromatic N) is 1. The van der Waals surface area contributed by atoms with Crippen LogP contribution in [-0.2, 0) is 4.79 Å². The van der Waals surface area contributed by atoms with Crippen LogP contribution in [0.2, 0.25) is 0 Å². The fourth-order valence-corrected chi connectivity index (χ4v) is 2.89. The molecule has 108 valence electrons. The number of benzene rings is 2. The van der Waals surface area contributed by atoms with E-state index in [1.165, 1.54) is 0 Å². The van der Waals surface area contributed by atoms with Crippen LogP contribution < -0.4 is 5.32 Å². The molecule has 4 heteroatoms. The Balaban J connectivity index is 2.03. The summed E-state index contributed by atoms with van der Waals surface area (Å²) in [4.78, 5) is 20.2. The first-order valence-electron chi connectivity index (χ1n) is 7.34. The molecule has 3 aromatic rings. The highest BCUT2D eigenvalue weighted by Gasteiger charge is 2.24. The van der Waals surface area contributed by atoms with Crippen LogP contribution in [0.3, 0.4) is 0 Å². The summed E-state index contributed by atoms with van der Waals surface area (Å²) in [5.41, 5.74) is 4.41. The van der Waals surface area contributed by atoms with E-state index >= 15 is 0 Å². The molecule has 1 aliphatic heterocycles. The number of carbonyl (C=O) groups excluding carboxylic acids is 1. The number of fused-ring (bicyclic) bond motifs is 1. The van der Waals surface area contributed by atoms with Crippen molar-refractivity contribution in [1.82, 2.24) is 10.3 Å². The molecule has 0 radical (unpaired) electrons. The summed E-state index contributed by atoms with van der Waals surface area (Å²) in [5.74, 6) is -0.104. The lowest BCUT2D eigenvalue weighted by Gasteiger charge is -2.14. The number of para-hydroxylation sites is 1. The van der Waals surface area contributed by atoms with Crippen molar-refractivity contribution in [1.29, 1.82) is 0 Å². The van der Waals surface area contributed by atoms with E-state index < -0.39 is 0 Å². The van der Waals surface area contributed by atoms with Crippen molar-refractivity contribution in [3.8, 4) is 11.3 Å². The molecular weight excluding hydrogens is 274 g/mol. The van der Waals surface area contributed by atoms with E-state index in [9.17, 15) is 4.79 Å². The zero-order valence-corrected chi connectivity index (χ0v) is 12.0. The van der Waals surface area contributed by atoms with E-state index in [0.29, 0.717) is 18.8 Å². The highest BCUT2D eigenvalue weighted by Crippen LogP contribution is 2.31. The van der Waals surface area contributed by atoms with Crippen molar-refractivity contribution in [2.75, 3.05) is 13.1 Å². The third-order valence-electron chi connectivity index (χ3n) is 3.89. The normalized spacial score (nSPS) is 14.7. The summed E-state index contributed by atoms with van der Waals surface area (Å²) >= 11 is 0. The van der Waals surface area contributed by atoms with E-state index in [-0.39, 0.29) is 5.91 Å². The van der Waals surface area contributed by atoms with Crippen molar-refractivity contribution in [2.45, 2.75) is 0 Å². The number of H-pyrrole nitrogens is 1. The van der Waals surface area contributed by atoms with E-state index in [1.54, 1.807) is 0 Å². The molecule has 1 aliphatic rings. The number of amides is 1. The number of aromatic amines is 1. The minimum absolute atomic E-state index is 0.104. The molecule has 0 spiro atoms. The second-order valence-electron chi connectivity index (χ2n) is 5.27. The second kappa shape index (κ2) is 5.15. The number of carbonyl (C=O) groups is 1. The van der Waals surface area contributed by atoms with Crippen LogP contribution in [0.1, 0.15) is 5.56 Å². The van der Waals surface area contributed by atoms with Crippen molar-refractivity contribution >= 4 is 22.5 Å². The molecular formula is C18H15N3O. The lowest BCUT2D eigenvalue weighted by atomic mass is 10.00. The summed E-state index contributed by atoms with van der Waals surface area (Å²) in [5, 5.41) is 3.91. The topological polar surface area (TPSA) is 57.2 Å². The quantitative estimate of drug-likeness (QED) is 0.749. The van der Waals surface area contributed by atoms with Gasteiger partial charge in [0.15, 0.2) is 0 Å². The van der Waals surface area contributed by atoms with Gasteiger partial charge in [-0.25, -0.2) is 0 Å². The highest BCUT2D eigenvalue weighted by atomic mass is 16.2. The van der Waals surface area contributed by atoms with Gasteiger partial charge in [0.1, 0.15) is 5.71 Å². The largest absolute Gasteiger partial charge is 0.354 e. The number of hydrogen-bond acceptors (Lipinski definition) is 2. The molecule has 1 amide bonds. The summed E-state index contributed by atoms with van der Waals surface area (Å²) in [6, 6.07) is 18.1. The van der Waals surface area contributed by atoms with Gasteiger partial charge in [-0.05, 0) is 11.6 Å². The zero-order chi connectivity index (χ0) is 14.9. The van der Waals surface area contributed by atoms with Crippen molar-refractivity contribution in [2.24, 2.45) is 4.99 Å². The summed E-state index contributed by atoms with van der Waals surface area (Å²) in [6.07, 6.45) is 0. The lowest BCUT2D eigenvalue weighted by Crippen LogP contribution is -2.38. The molecule has 4 rings (SSSR count). The first-order valence-corrected chi connectivity index (χ1v) is 7.34. The maximum absolute atomic E-state index is 12.3. The third kappa shape index (κ3) is 2.00. The third-order valence-corrected chi connectivity index (χ3v) is 3.89. The van der Waals surface area contributed by atoms with Crippen molar-refractivity contribution < 1.29 is 4.79 Å². The van der Waals surface area contributed by atoms with Crippen LogP contribution in [0.4, 0.5) is 0 Å². The molecule has 2 aromatic carbocycles. The standard InChI is InChI=1S/C18H15N3O/c22-18-17(19-10-11-20-18)15-13-8-4-5-9-14(13)21-16(15)12-6-2-1-3-7-12/h1-9,21H,10-11H2,(H,20,22). The highest BCUT2D eigenvalue weighted by molar-refractivity contribution is 6.49. The average molecular weight is 289 g/mol. The van der Waals surface area contributed by atoms with Crippen LogP contribution in [0.15, 0.2) is 59.6 Å².